The standard InChI is InChI=1S/C10H13N3O2/c1-8(11-12(2)3)9-4-6-10(7-5-9)13(14)15/h4-7H,1-3H3/b11-8+/i4D,5D. The molecule has 0 spiro atoms. The van der Waals surface area contributed by atoms with Gasteiger partial charge in [0.05, 0.1) is 13.4 Å². The first-order valence-corrected chi connectivity index (χ1v) is 4.31. The lowest BCUT2D eigenvalue weighted by molar-refractivity contribution is -0.384. The number of nitrogens with zero attached hydrogens (tertiary/aromatic N) is 3. The summed E-state index contributed by atoms with van der Waals surface area (Å²) in [7, 11) is 3.45. The van der Waals surface area contributed by atoms with Gasteiger partial charge in [-0.15, -0.1) is 0 Å². The molecule has 5 heteroatoms. The molecule has 5 nitrogen and oxygen atoms in total. The molecule has 0 aliphatic heterocycles. The molecule has 0 radical (unpaired) electrons. The lowest BCUT2D eigenvalue weighted by Gasteiger charge is -2.06. The molecule has 0 fully saturated rings. The van der Waals surface area contributed by atoms with Crippen molar-refractivity contribution in [3.8, 4) is 0 Å². The van der Waals surface area contributed by atoms with Gasteiger partial charge in [-0.05, 0) is 24.6 Å². The van der Waals surface area contributed by atoms with Gasteiger partial charge in [0.15, 0.2) is 0 Å². The van der Waals surface area contributed by atoms with E-state index in [2.05, 4.69) is 5.10 Å². The zero-order chi connectivity index (χ0) is 13.2. The van der Waals surface area contributed by atoms with Crippen LogP contribution in [0.1, 0.15) is 15.2 Å². The van der Waals surface area contributed by atoms with Crippen LogP contribution in [0, 0.1) is 10.1 Å². The van der Waals surface area contributed by atoms with Crippen LogP contribution >= 0.6 is 0 Å². The van der Waals surface area contributed by atoms with Gasteiger partial charge in [0.25, 0.3) is 5.69 Å². The summed E-state index contributed by atoms with van der Waals surface area (Å²) in [5, 5.41) is 16.2. The van der Waals surface area contributed by atoms with E-state index in [1.54, 1.807) is 26.0 Å². The third-order valence-corrected chi connectivity index (χ3v) is 1.65. The molecule has 80 valence electrons. The van der Waals surface area contributed by atoms with Crippen LogP contribution in [0.4, 0.5) is 5.69 Å². The summed E-state index contributed by atoms with van der Waals surface area (Å²) in [6.45, 7) is 1.66. The molecule has 1 aromatic rings. The Morgan fingerprint density at radius 2 is 2.07 bits per heavy atom. The maximum Gasteiger partial charge on any atom is 0.269 e. The summed E-state index contributed by atoms with van der Waals surface area (Å²) in [6.07, 6.45) is 0. The number of non-ortho nitro benzene ring substituents is 1. The molecule has 0 saturated carbocycles. The number of rotatable bonds is 3. The molecule has 0 atom stereocenters. The summed E-state index contributed by atoms with van der Waals surface area (Å²) in [6, 6.07) is 2.13. The van der Waals surface area contributed by atoms with Crippen molar-refractivity contribution in [2.45, 2.75) is 6.92 Å². The van der Waals surface area contributed by atoms with E-state index in [1.807, 2.05) is 0 Å². The SMILES string of the molecule is [2H]c1cc([N+](=O)[O-])cc([2H])c1/C(C)=N/N(C)C. The summed E-state index contributed by atoms with van der Waals surface area (Å²) in [5.74, 6) is 0. The van der Waals surface area contributed by atoms with Gasteiger partial charge >= 0.3 is 0 Å². The minimum Gasteiger partial charge on any atom is -0.303 e. The smallest absolute Gasteiger partial charge is 0.269 e. The van der Waals surface area contributed by atoms with Crippen molar-refractivity contribution >= 4 is 11.4 Å². The Morgan fingerprint density at radius 1 is 1.53 bits per heavy atom. The predicted octanol–water partition coefficient (Wildman–Crippen LogP) is 1.88. The number of benzene rings is 1. The fourth-order valence-electron chi connectivity index (χ4n) is 1.04. The van der Waals surface area contributed by atoms with E-state index in [1.165, 1.54) is 0 Å². The predicted molar refractivity (Wildman–Crippen MR) is 59.0 cm³/mol. The molecular formula is C10H13N3O2. The highest BCUT2D eigenvalue weighted by Crippen LogP contribution is 2.12. The van der Waals surface area contributed by atoms with Crippen LogP contribution < -0.4 is 0 Å². The number of hydrogen-bond acceptors (Lipinski definition) is 4. The number of hydrogen-bond donors (Lipinski definition) is 0. The molecule has 0 amide bonds. The Kier molecular flexibility index (Phi) is 2.55. The highest BCUT2D eigenvalue weighted by Gasteiger charge is 2.05. The van der Waals surface area contributed by atoms with Gasteiger partial charge in [-0.25, -0.2) is 0 Å². The molecule has 0 saturated heterocycles. The lowest BCUT2D eigenvalue weighted by atomic mass is 10.1. The van der Waals surface area contributed by atoms with Crippen molar-refractivity contribution in [1.82, 2.24) is 5.01 Å². The molecular weight excluding hydrogens is 194 g/mol. The Labute approximate surface area is 91.0 Å². The van der Waals surface area contributed by atoms with E-state index in [-0.39, 0.29) is 17.8 Å². The monoisotopic (exact) mass is 209 g/mol. The molecule has 0 aliphatic rings. The third kappa shape index (κ3) is 3.05. The van der Waals surface area contributed by atoms with Crippen LogP contribution in [0.2, 0.25) is 0 Å². The van der Waals surface area contributed by atoms with E-state index in [4.69, 9.17) is 2.74 Å². The van der Waals surface area contributed by atoms with Crippen molar-refractivity contribution in [3.05, 3.63) is 39.9 Å². The molecule has 0 aromatic heterocycles. The second kappa shape index (κ2) is 4.54. The second-order valence-electron chi connectivity index (χ2n) is 3.17. The molecule has 0 unspecified atom stereocenters. The van der Waals surface area contributed by atoms with Gasteiger partial charge in [-0.3, -0.25) is 10.1 Å². The first-order chi connectivity index (χ1) is 7.82. The molecule has 0 heterocycles. The van der Waals surface area contributed by atoms with E-state index >= 15 is 0 Å². The van der Waals surface area contributed by atoms with Gasteiger partial charge in [0.2, 0.25) is 0 Å². The van der Waals surface area contributed by atoms with Gasteiger partial charge in [-0.2, -0.15) is 5.10 Å². The van der Waals surface area contributed by atoms with Gasteiger partial charge in [0.1, 0.15) is 0 Å². The third-order valence-electron chi connectivity index (χ3n) is 1.65. The maximum absolute atomic E-state index is 10.6. The Hall–Kier alpha value is -1.91. The summed E-state index contributed by atoms with van der Waals surface area (Å²) >= 11 is 0. The lowest BCUT2D eigenvalue weighted by Crippen LogP contribution is -2.07. The minimum absolute atomic E-state index is 0.0627. The summed E-state index contributed by atoms with van der Waals surface area (Å²) in [4.78, 5) is 9.95. The van der Waals surface area contributed by atoms with Crippen molar-refractivity contribution < 1.29 is 7.66 Å². The van der Waals surface area contributed by atoms with Crippen molar-refractivity contribution in [3.63, 3.8) is 0 Å². The molecule has 0 bridgehead atoms. The van der Waals surface area contributed by atoms with Crippen molar-refractivity contribution in [2.24, 2.45) is 5.10 Å². The molecule has 1 rings (SSSR count). The minimum atomic E-state index is -0.613. The number of nitro benzene ring substituents is 1. The largest absolute Gasteiger partial charge is 0.303 e. The average Bonchev–Trinajstić information content (AvgIpc) is 2.14. The van der Waals surface area contributed by atoms with E-state index in [0.29, 0.717) is 11.3 Å². The molecule has 1 aromatic carbocycles. The molecule has 0 N–H and O–H groups in total. The molecule has 15 heavy (non-hydrogen) atoms. The first-order valence-electron chi connectivity index (χ1n) is 5.31. The summed E-state index contributed by atoms with van der Waals surface area (Å²) < 4.78 is 15.4. The van der Waals surface area contributed by atoms with Crippen LogP contribution in [0.3, 0.4) is 0 Å². The number of nitro groups is 1. The highest BCUT2D eigenvalue weighted by atomic mass is 16.6. The Morgan fingerprint density at radius 3 is 2.47 bits per heavy atom. The van der Waals surface area contributed by atoms with E-state index in [9.17, 15) is 10.1 Å². The highest BCUT2D eigenvalue weighted by molar-refractivity contribution is 5.98. The van der Waals surface area contributed by atoms with E-state index < -0.39 is 4.92 Å². The van der Waals surface area contributed by atoms with Crippen molar-refractivity contribution in [2.75, 3.05) is 14.1 Å². The van der Waals surface area contributed by atoms with Crippen molar-refractivity contribution in [1.29, 1.82) is 0 Å². The summed E-state index contributed by atoms with van der Waals surface area (Å²) in [5.41, 5.74) is 0.547. The number of hydrazone groups is 1. The average molecular weight is 209 g/mol. The fraction of sp³-hybridized carbons (Fsp3) is 0.300. The topological polar surface area (TPSA) is 58.7 Å². The van der Waals surface area contributed by atoms with Crippen LogP contribution in [0.5, 0.6) is 0 Å². The van der Waals surface area contributed by atoms with Gasteiger partial charge < -0.3 is 5.01 Å². The maximum atomic E-state index is 10.6. The van der Waals surface area contributed by atoms with Crippen LogP contribution in [-0.2, 0) is 0 Å². The fourth-order valence-corrected chi connectivity index (χ4v) is 1.04. The second-order valence-corrected chi connectivity index (χ2v) is 3.17. The quantitative estimate of drug-likeness (QED) is 0.434. The zero-order valence-electron chi connectivity index (χ0n) is 10.8. The van der Waals surface area contributed by atoms with Crippen LogP contribution in [0.15, 0.2) is 29.3 Å². The normalized spacial score (nSPS) is 13.1. The first kappa shape index (κ1) is 8.40. The Balaban J connectivity index is 3.32. The molecule has 0 aliphatic carbocycles. The van der Waals surface area contributed by atoms with Gasteiger partial charge in [-0.1, -0.05) is 0 Å². The van der Waals surface area contributed by atoms with Crippen LogP contribution in [0.25, 0.3) is 0 Å². The van der Waals surface area contributed by atoms with Gasteiger partial charge in [0, 0.05) is 26.2 Å². The van der Waals surface area contributed by atoms with Crippen LogP contribution in [-0.4, -0.2) is 29.7 Å². The van der Waals surface area contributed by atoms with E-state index in [0.717, 1.165) is 12.1 Å². The zero-order valence-corrected chi connectivity index (χ0v) is 8.81. The Bertz CT molecular complexity index is 463.